The lowest BCUT2D eigenvalue weighted by Crippen LogP contribution is -2.40. The van der Waals surface area contributed by atoms with Gasteiger partial charge in [0.05, 0.1) is 11.4 Å². The van der Waals surface area contributed by atoms with Crippen LogP contribution in [0.4, 0.5) is 11.4 Å². The van der Waals surface area contributed by atoms with Gasteiger partial charge in [-0.1, -0.05) is 27.2 Å². The van der Waals surface area contributed by atoms with Gasteiger partial charge in [0.2, 0.25) is 0 Å². The van der Waals surface area contributed by atoms with Crippen molar-refractivity contribution in [2.24, 2.45) is 10.3 Å². The number of rotatable bonds is 2. The number of halogens is 1. The summed E-state index contributed by atoms with van der Waals surface area (Å²) in [5, 5.41) is 9.80. The molecule has 136 valence electrons. The van der Waals surface area contributed by atoms with Crippen LogP contribution in [0.5, 0.6) is 0 Å². The van der Waals surface area contributed by atoms with Crippen molar-refractivity contribution >= 4 is 39.1 Å². The molecule has 2 aromatic carbocycles. The molecule has 0 bridgehead atoms. The van der Waals surface area contributed by atoms with Crippen LogP contribution in [0, 0.1) is 6.92 Å². The predicted molar refractivity (Wildman–Crippen MR) is 105 cm³/mol. The summed E-state index contributed by atoms with van der Waals surface area (Å²) in [6.45, 7) is 1.97. The molecule has 0 spiro atoms. The molecule has 7 heteroatoms. The minimum absolute atomic E-state index is 0.270. The number of carbonyl (C=O) groups is 2. The summed E-state index contributed by atoms with van der Waals surface area (Å²) in [6, 6.07) is 10.1. The SMILES string of the molecule is Cc1cc(N2N=N[C@@H]3C(=O)N(c4ccc5c(c4)CCC5)C(=O)[C@H]32)ccc1Br. The van der Waals surface area contributed by atoms with Crippen LogP contribution in [0.15, 0.2) is 51.2 Å². The average Bonchev–Trinajstić information content (AvgIpc) is 3.34. The number of hydrogen-bond acceptors (Lipinski definition) is 5. The topological polar surface area (TPSA) is 65.3 Å². The summed E-state index contributed by atoms with van der Waals surface area (Å²) in [6.07, 6.45) is 3.18. The fourth-order valence-electron chi connectivity index (χ4n) is 4.10. The van der Waals surface area contributed by atoms with E-state index in [4.69, 9.17) is 0 Å². The number of nitrogens with zero attached hydrogens (tertiary/aromatic N) is 4. The van der Waals surface area contributed by atoms with E-state index in [0.29, 0.717) is 5.69 Å². The Morgan fingerprint density at radius 3 is 2.59 bits per heavy atom. The first kappa shape index (κ1) is 16.6. The van der Waals surface area contributed by atoms with Crippen molar-refractivity contribution in [3.05, 3.63) is 57.6 Å². The smallest absolute Gasteiger partial charge is 0.263 e. The second-order valence-corrected chi connectivity index (χ2v) is 8.05. The van der Waals surface area contributed by atoms with Crippen LogP contribution in [0.1, 0.15) is 23.1 Å². The molecule has 2 heterocycles. The van der Waals surface area contributed by atoms with Crippen LogP contribution in [0.3, 0.4) is 0 Å². The van der Waals surface area contributed by atoms with Crippen LogP contribution >= 0.6 is 15.9 Å². The molecule has 5 rings (SSSR count). The maximum absolute atomic E-state index is 13.2. The third-order valence-electron chi connectivity index (χ3n) is 5.53. The van der Waals surface area contributed by atoms with Crippen LogP contribution in [-0.2, 0) is 22.4 Å². The van der Waals surface area contributed by atoms with E-state index in [1.165, 1.54) is 16.0 Å². The molecule has 0 N–H and O–H groups in total. The molecule has 3 aliphatic rings. The van der Waals surface area contributed by atoms with E-state index in [2.05, 4.69) is 26.3 Å². The van der Waals surface area contributed by atoms with Crippen LogP contribution < -0.4 is 9.91 Å². The number of aryl methyl sites for hydroxylation is 3. The van der Waals surface area contributed by atoms with Gasteiger partial charge in [-0.2, -0.15) is 5.11 Å². The van der Waals surface area contributed by atoms with E-state index in [1.807, 2.05) is 43.3 Å². The number of anilines is 2. The maximum atomic E-state index is 13.2. The van der Waals surface area contributed by atoms with Crippen molar-refractivity contribution in [2.45, 2.75) is 38.3 Å². The van der Waals surface area contributed by atoms with Gasteiger partial charge in [0.25, 0.3) is 11.8 Å². The number of hydrogen-bond donors (Lipinski definition) is 0. The maximum Gasteiger partial charge on any atom is 0.263 e. The van der Waals surface area contributed by atoms with E-state index in [9.17, 15) is 9.59 Å². The Morgan fingerprint density at radius 2 is 1.78 bits per heavy atom. The highest BCUT2D eigenvalue weighted by atomic mass is 79.9. The highest BCUT2D eigenvalue weighted by Crippen LogP contribution is 2.37. The molecule has 27 heavy (non-hydrogen) atoms. The summed E-state index contributed by atoms with van der Waals surface area (Å²) in [7, 11) is 0. The lowest BCUT2D eigenvalue weighted by molar-refractivity contribution is -0.121. The Kier molecular flexibility index (Phi) is 3.69. The molecular weight excluding hydrogens is 408 g/mol. The standard InChI is InChI=1S/C20H17BrN4O2/c1-11-9-15(7-8-16(11)21)25-18-17(22-23-25)19(26)24(20(18)27)14-6-5-12-3-2-4-13(12)10-14/h5-10,17-18H,2-4H2,1H3/t17-,18-/m0/s1. The number of amides is 2. The predicted octanol–water partition coefficient (Wildman–Crippen LogP) is 3.74. The summed E-state index contributed by atoms with van der Waals surface area (Å²) in [5.41, 5.74) is 4.96. The van der Waals surface area contributed by atoms with Gasteiger partial charge >= 0.3 is 0 Å². The molecule has 1 aliphatic carbocycles. The van der Waals surface area contributed by atoms with Gasteiger partial charge in [0, 0.05) is 4.47 Å². The van der Waals surface area contributed by atoms with E-state index < -0.39 is 12.1 Å². The molecule has 0 radical (unpaired) electrons. The quantitative estimate of drug-likeness (QED) is 0.689. The molecule has 6 nitrogen and oxygen atoms in total. The van der Waals surface area contributed by atoms with Gasteiger partial charge < -0.3 is 0 Å². The molecule has 1 fully saturated rings. The third-order valence-corrected chi connectivity index (χ3v) is 6.42. The Morgan fingerprint density at radius 1 is 1.00 bits per heavy atom. The summed E-state index contributed by atoms with van der Waals surface area (Å²) in [4.78, 5) is 27.4. The number of carbonyl (C=O) groups excluding carboxylic acids is 2. The molecule has 2 amide bonds. The van der Waals surface area contributed by atoms with Crippen LogP contribution in [0.25, 0.3) is 0 Å². The molecular formula is C20H17BrN4O2. The lowest BCUT2D eigenvalue weighted by Gasteiger charge is -2.21. The molecule has 0 unspecified atom stereocenters. The van der Waals surface area contributed by atoms with Gasteiger partial charge in [-0.05, 0) is 73.2 Å². The fourth-order valence-corrected chi connectivity index (χ4v) is 4.34. The van der Waals surface area contributed by atoms with Crippen molar-refractivity contribution in [1.29, 1.82) is 0 Å². The minimum Gasteiger partial charge on any atom is -0.271 e. The summed E-state index contributed by atoms with van der Waals surface area (Å²) in [5.74, 6) is -0.573. The Bertz CT molecular complexity index is 1020. The first-order valence-corrected chi connectivity index (χ1v) is 9.79. The van der Waals surface area contributed by atoms with Crippen LogP contribution in [0.2, 0.25) is 0 Å². The Balaban J connectivity index is 1.50. The second kappa shape index (κ2) is 5.99. The molecule has 2 atom stereocenters. The normalized spacial score (nSPS) is 23.3. The summed E-state index contributed by atoms with van der Waals surface area (Å²) < 4.78 is 0.979. The second-order valence-electron chi connectivity index (χ2n) is 7.19. The molecule has 2 aliphatic heterocycles. The molecule has 0 aromatic heterocycles. The van der Waals surface area contributed by atoms with Crippen molar-refractivity contribution in [3.63, 3.8) is 0 Å². The van der Waals surface area contributed by atoms with Crippen molar-refractivity contribution in [3.8, 4) is 0 Å². The number of imide groups is 1. The molecule has 0 saturated carbocycles. The third kappa shape index (κ3) is 2.45. The van der Waals surface area contributed by atoms with E-state index in [1.54, 1.807) is 5.01 Å². The Labute approximate surface area is 165 Å². The largest absolute Gasteiger partial charge is 0.271 e. The van der Waals surface area contributed by atoms with Gasteiger partial charge in [-0.25, -0.2) is 9.91 Å². The van der Waals surface area contributed by atoms with Gasteiger partial charge in [-0.3, -0.25) is 9.59 Å². The lowest BCUT2D eigenvalue weighted by atomic mass is 10.1. The monoisotopic (exact) mass is 424 g/mol. The van der Waals surface area contributed by atoms with Gasteiger partial charge in [-0.15, -0.1) is 0 Å². The highest BCUT2D eigenvalue weighted by Gasteiger charge is 2.55. The molecule has 2 aromatic rings. The first-order chi connectivity index (χ1) is 13.0. The minimum atomic E-state index is -0.783. The van der Waals surface area contributed by atoms with E-state index >= 15 is 0 Å². The van der Waals surface area contributed by atoms with Crippen molar-refractivity contribution < 1.29 is 9.59 Å². The fraction of sp³-hybridized carbons (Fsp3) is 0.300. The number of fused-ring (bicyclic) bond motifs is 2. The van der Waals surface area contributed by atoms with E-state index in [0.717, 1.165) is 35.0 Å². The zero-order chi connectivity index (χ0) is 18.7. The summed E-state index contributed by atoms with van der Waals surface area (Å²) >= 11 is 3.48. The van der Waals surface area contributed by atoms with Crippen molar-refractivity contribution in [1.82, 2.24) is 0 Å². The first-order valence-electron chi connectivity index (χ1n) is 9.00. The Hall–Kier alpha value is -2.54. The zero-order valence-electron chi connectivity index (χ0n) is 14.7. The van der Waals surface area contributed by atoms with Crippen molar-refractivity contribution in [2.75, 3.05) is 9.91 Å². The average molecular weight is 425 g/mol. The van der Waals surface area contributed by atoms with E-state index in [-0.39, 0.29) is 11.8 Å². The highest BCUT2D eigenvalue weighted by molar-refractivity contribution is 9.10. The zero-order valence-corrected chi connectivity index (χ0v) is 16.3. The van der Waals surface area contributed by atoms with Crippen LogP contribution in [-0.4, -0.2) is 23.9 Å². The van der Waals surface area contributed by atoms with Gasteiger partial charge in [0.1, 0.15) is 0 Å². The number of benzene rings is 2. The van der Waals surface area contributed by atoms with Gasteiger partial charge in [0.15, 0.2) is 12.1 Å². The molecule has 1 saturated heterocycles.